The lowest BCUT2D eigenvalue weighted by atomic mass is 10.1. The average Bonchev–Trinajstić information content (AvgIpc) is 3.01. The molecule has 1 aliphatic rings. The Balaban J connectivity index is 1.62. The number of nitrogens with zero attached hydrogens (tertiary/aromatic N) is 2. The van der Waals surface area contributed by atoms with Crippen molar-refractivity contribution in [2.75, 3.05) is 6.79 Å². The van der Waals surface area contributed by atoms with E-state index in [4.69, 9.17) is 25.5 Å². The van der Waals surface area contributed by atoms with Crippen LogP contribution in [0.5, 0.6) is 5.75 Å². The van der Waals surface area contributed by atoms with Gasteiger partial charge in [-0.1, -0.05) is 23.4 Å². The van der Waals surface area contributed by atoms with Crippen LogP contribution in [-0.2, 0) is 17.1 Å². The van der Waals surface area contributed by atoms with Crippen LogP contribution in [0.25, 0.3) is 11.1 Å². The molecule has 0 N–H and O–H groups in total. The predicted octanol–water partition coefficient (Wildman–Crippen LogP) is 4.55. The summed E-state index contributed by atoms with van der Waals surface area (Å²) in [7, 11) is 0. The number of nitro benzene ring substituents is 1. The van der Waals surface area contributed by atoms with Crippen molar-refractivity contribution < 1.29 is 18.8 Å². The first-order valence-corrected chi connectivity index (χ1v) is 8.66. The third-order valence-electron chi connectivity index (χ3n) is 3.66. The minimum atomic E-state index is -0.426. The highest BCUT2D eigenvalue weighted by Gasteiger charge is 2.21. The van der Waals surface area contributed by atoms with Gasteiger partial charge in [0.05, 0.1) is 11.5 Å². The number of rotatable bonds is 4. The highest BCUT2D eigenvalue weighted by atomic mass is 35.5. The Bertz CT molecular complexity index is 975. The number of nitro groups is 1. The van der Waals surface area contributed by atoms with Gasteiger partial charge in [0.15, 0.2) is 12.4 Å². The van der Waals surface area contributed by atoms with E-state index in [-0.39, 0.29) is 19.1 Å². The largest absolute Gasteiger partial charge is 0.467 e. The van der Waals surface area contributed by atoms with Crippen LogP contribution in [0.1, 0.15) is 11.1 Å². The second kappa shape index (κ2) is 6.55. The van der Waals surface area contributed by atoms with Crippen LogP contribution in [-0.4, -0.2) is 16.7 Å². The summed E-state index contributed by atoms with van der Waals surface area (Å²) in [5.41, 5.74) is 2.68. The smallest absolute Gasteiger partial charge is 0.270 e. The number of hydrogen-bond donors (Lipinski definition) is 0. The van der Waals surface area contributed by atoms with Gasteiger partial charge in [-0.05, 0) is 18.2 Å². The van der Waals surface area contributed by atoms with Gasteiger partial charge in [-0.25, -0.2) is 4.98 Å². The molecule has 0 saturated heterocycles. The molecule has 1 aromatic heterocycles. The highest BCUT2D eigenvalue weighted by molar-refractivity contribution is 7.98. The van der Waals surface area contributed by atoms with Crippen LogP contribution in [0.2, 0.25) is 5.02 Å². The fourth-order valence-electron chi connectivity index (χ4n) is 2.57. The molecule has 3 aromatic rings. The van der Waals surface area contributed by atoms with Gasteiger partial charge in [0.2, 0.25) is 0 Å². The van der Waals surface area contributed by atoms with Crippen LogP contribution in [0, 0.1) is 10.1 Å². The van der Waals surface area contributed by atoms with Crippen molar-refractivity contribution in [3.05, 3.63) is 56.6 Å². The Morgan fingerprint density at radius 2 is 2.20 bits per heavy atom. The van der Waals surface area contributed by atoms with E-state index in [0.717, 1.165) is 0 Å². The summed E-state index contributed by atoms with van der Waals surface area (Å²) in [5, 5.41) is 12.2. The maximum atomic E-state index is 11.1. The van der Waals surface area contributed by atoms with Crippen molar-refractivity contribution in [3.8, 4) is 5.75 Å². The number of ether oxygens (including phenoxy) is 2. The molecule has 25 heavy (non-hydrogen) atoms. The lowest BCUT2D eigenvalue weighted by molar-refractivity contribution is -0.385. The first-order chi connectivity index (χ1) is 12.1. The monoisotopic (exact) mass is 378 g/mol. The number of benzene rings is 2. The summed E-state index contributed by atoms with van der Waals surface area (Å²) < 4.78 is 16.4. The normalized spacial score (nSPS) is 13.5. The molecule has 2 aromatic carbocycles. The molecule has 1 aliphatic heterocycles. The molecule has 0 spiro atoms. The molecule has 0 saturated carbocycles. The van der Waals surface area contributed by atoms with Crippen molar-refractivity contribution in [1.29, 1.82) is 0 Å². The average molecular weight is 379 g/mol. The molecule has 2 heterocycles. The second-order valence-electron chi connectivity index (χ2n) is 5.34. The first kappa shape index (κ1) is 16.2. The third kappa shape index (κ3) is 3.28. The van der Waals surface area contributed by atoms with E-state index in [1.165, 1.54) is 23.9 Å². The lowest BCUT2D eigenvalue weighted by Gasteiger charge is -2.20. The molecule has 0 fully saturated rings. The number of hydrogen-bond acceptors (Lipinski definition) is 7. The van der Waals surface area contributed by atoms with Gasteiger partial charge in [0, 0.05) is 34.0 Å². The Hall–Kier alpha value is -2.29. The summed E-state index contributed by atoms with van der Waals surface area (Å²) in [5.74, 6) is 1.05. The van der Waals surface area contributed by atoms with Gasteiger partial charge in [-0.2, -0.15) is 0 Å². The van der Waals surface area contributed by atoms with Crippen LogP contribution in [0.3, 0.4) is 0 Å². The molecule has 4 rings (SSSR count). The van der Waals surface area contributed by atoms with E-state index in [1.807, 2.05) is 0 Å². The van der Waals surface area contributed by atoms with Gasteiger partial charge in [-0.15, -0.1) is 0 Å². The van der Waals surface area contributed by atoms with Crippen molar-refractivity contribution >= 4 is 40.1 Å². The van der Waals surface area contributed by atoms with E-state index >= 15 is 0 Å². The van der Waals surface area contributed by atoms with Crippen molar-refractivity contribution in [2.24, 2.45) is 0 Å². The van der Waals surface area contributed by atoms with E-state index in [0.29, 0.717) is 44.0 Å². The fraction of sp³-hybridized carbons (Fsp3) is 0.188. The molecule has 0 unspecified atom stereocenters. The molecule has 128 valence electrons. The molecule has 0 aliphatic carbocycles. The topological polar surface area (TPSA) is 87.6 Å². The predicted molar refractivity (Wildman–Crippen MR) is 92.0 cm³/mol. The molecule has 0 radical (unpaired) electrons. The Morgan fingerprint density at radius 1 is 1.32 bits per heavy atom. The zero-order valence-corrected chi connectivity index (χ0v) is 14.3. The zero-order valence-electron chi connectivity index (χ0n) is 12.7. The minimum Gasteiger partial charge on any atom is -0.467 e. The zero-order chi connectivity index (χ0) is 17.4. The molecular formula is C16H11ClN2O5S. The number of fused-ring (bicyclic) bond motifs is 2. The number of aromatic nitrogens is 1. The van der Waals surface area contributed by atoms with E-state index < -0.39 is 4.92 Å². The SMILES string of the molecule is O=[N+]([O-])c1cc2c(c(CSc3nc4cc(Cl)ccc4o3)c1)OCOC2. The van der Waals surface area contributed by atoms with Gasteiger partial charge >= 0.3 is 0 Å². The maximum Gasteiger partial charge on any atom is 0.270 e. The standard InChI is InChI=1S/C16H11ClN2O5S/c17-11-1-2-14-13(5-11)18-16(24-14)25-7-10-4-12(19(20)21)3-9-6-22-8-23-15(9)10/h1-5H,6-8H2. The van der Waals surface area contributed by atoms with E-state index in [9.17, 15) is 10.1 Å². The van der Waals surface area contributed by atoms with Crippen LogP contribution in [0.15, 0.2) is 40.0 Å². The lowest BCUT2D eigenvalue weighted by Crippen LogP contribution is -2.13. The molecule has 7 nitrogen and oxygen atoms in total. The Kier molecular flexibility index (Phi) is 4.24. The molecule has 0 atom stereocenters. The van der Waals surface area contributed by atoms with E-state index in [1.54, 1.807) is 18.2 Å². The van der Waals surface area contributed by atoms with Crippen molar-refractivity contribution in [3.63, 3.8) is 0 Å². The number of oxazole rings is 1. The maximum absolute atomic E-state index is 11.1. The Labute approximate surface area is 151 Å². The quantitative estimate of drug-likeness (QED) is 0.374. The summed E-state index contributed by atoms with van der Waals surface area (Å²) in [4.78, 5) is 15.1. The van der Waals surface area contributed by atoms with Crippen LogP contribution >= 0.6 is 23.4 Å². The van der Waals surface area contributed by atoms with Crippen LogP contribution < -0.4 is 4.74 Å². The molecule has 0 amide bonds. The molecule has 0 bridgehead atoms. The van der Waals surface area contributed by atoms with E-state index in [2.05, 4.69) is 4.98 Å². The molecular weight excluding hydrogens is 368 g/mol. The second-order valence-corrected chi connectivity index (χ2v) is 6.70. The summed E-state index contributed by atoms with van der Waals surface area (Å²) in [6, 6.07) is 8.19. The first-order valence-electron chi connectivity index (χ1n) is 7.30. The van der Waals surface area contributed by atoms with Gasteiger partial charge in [0.1, 0.15) is 11.3 Å². The van der Waals surface area contributed by atoms with Crippen molar-refractivity contribution in [2.45, 2.75) is 17.6 Å². The number of halogens is 1. The van der Waals surface area contributed by atoms with Gasteiger partial charge in [-0.3, -0.25) is 10.1 Å². The van der Waals surface area contributed by atoms with Gasteiger partial charge in [0.25, 0.3) is 10.9 Å². The van der Waals surface area contributed by atoms with Crippen LogP contribution in [0.4, 0.5) is 5.69 Å². The minimum absolute atomic E-state index is 0.00722. The highest BCUT2D eigenvalue weighted by Crippen LogP contribution is 2.36. The summed E-state index contributed by atoms with van der Waals surface area (Å²) in [6.07, 6.45) is 0. The number of non-ortho nitro benzene ring substituents is 1. The van der Waals surface area contributed by atoms with Gasteiger partial charge < -0.3 is 13.9 Å². The summed E-state index contributed by atoms with van der Waals surface area (Å²) in [6.45, 7) is 0.417. The van der Waals surface area contributed by atoms with Crippen molar-refractivity contribution in [1.82, 2.24) is 4.98 Å². The molecule has 9 heteroatoms. The number of thioether (sulfide) groups is 1. The Morgan fingerprint density at radius 3 is 3.04 bits per heavy atom. The summed E-state index contributed by atoms with van der Waals surface area (Å²) >= 11 is 7.28. The fourth-order valence-corrected chi connectivity index (χ4v) is 3.55. The third-order valence-corrected chi connectivity index (χ3v) is 4.78.